The van der Waals surface area contributed by atoms with Crippen LogP contribution in [0.3, 0.4) is 0 Å². The molecule has 0 saturated heterocycles. The fraction of sp³-hybridized carbons (Fsp3) is 0.500. The maximum atomic E-state index is 12.0. The number of sulfonamides is 1. The van der Waals surface area contributed by atoms with Crippen molar-refractivity contribution in [3.63, 3.8) is 0 Å². The number of para-hydroxylation sites is 1. The van der Waals surface area contributed by atoms with E-state index in [0.717, 1.165) is 0 Å². The van der Waals surface area contributed by atoms with Gasteiger partial charge < -0.3 is 10.0 Å². The van der Waals surface area contributed by atoms with Gasteiger partial charge in [0.05, 0.1) is 12.3 Å². The minimum Gasteiger partial charge on any atom is -0.395 e. The van der Waals surface area contributed by atoms with Crippen molar-refractivity contribution in [3.05, 3.63) is 24.3 Å². The quantitative estimate of drug-likeness (QED) is 0.804. The summed E-state index contributed by atoms with van der Waals surface area (Å²) in [4.78, 5) is 2.10. The molecule has 0 unspecified atom stereocenters. The van der Waals surface area contributed by atoms with Crippen molar-refractivity contribution in [1.82, 2.24) is 4.72 Å². The molecule has 5 nitrogen and oxygen atoms in total. The van der Waals surface area contributed by atoms with Crippen LogP contribution in [-0.4, -0.2) is 39.8 Å². The Kier molecular flexibility index (Phi) is 5.13. The van der Waals surface area contributed by atoms with Crippen molar-refractivity contribution in [3.8, 4) is 0 Å². The first-order valence-electron chi connectivity index (χ1n) is 5.84. The number of hydrogen-bond acceptors (Lipinski definition) is 4. The molecule has 0 bridgehead atoms. The smallest absolute Gasteiger partial charge is 0.242 e. The molecule has 0 aliphatic heterocycles. The fourth-order valence-electron chi connectivity index (χ4n) is 1.80. The molecule has 0 aromatic heterocycles. The Labute approximate surface area is 108 Å². The van der Waals surface area contributed by atoms with Gasteiger partial charge in [-0.1, -0.05) is 12.1 Å². The summed E-state index contributed by atoms with van der Waals surface area (Å²) < 4.78 is 26.2. The second-order valence-electron chi connectivity index (χ2n) is 4.19. The average molecular weight is 272 g/mol. The lowest BCUT2D eigenvalue weighted by atomic mass is 10.2. The van der Waals surface area contributed by atoms with Crippen molar-refractivity contribution in [2.75, 3.05) is 25.1 Å². The van der Waals surface area contributed by atoms with Gasteiger partial charge in [-0.2, -0.15) is 0 Å². The second kappa shape index (κ2) is 6.17. The van der Waals surface area contributed by atoms with Gasteiger partial charge in [-0.15, -0.1) is 0 Å². The molecular formula is C12H20N2O3S. The normalized spacial score (nSPS) is 11.8. The summed E-state index contributed by atoms with van der Waals surface area (Å²) in [5.74, 6) is 0. The molecule has 0 aliphatic rings. The van der Waals surface area contributed by atoms with Gasteiger partial charge in [-0.05, 0) is 33.0 Å². The van der Waals surface area contributed by atoms with Crippen LogP contribution in [0.1, 0.15) is 13.8 Å². The van der Waals surface area contributed by atoms with Gasteiger partial charge in [0, 0.05) is 12.6 Å². The van der Waals surface area contributed by atoms with Gasteiger partial charge >= 0.3 is 0 Å². The van der Waals surface area contributed by atoms with Gasteiger partial charge in [0.2, 0.25) is 10.0 Å². The summed E-state index contributed by atoms with van der Waals surface area (Å²) in [6, 6.07) is 6.89. The molecule has 0 saturated carbocycles. The number of aliphatic hydroxyl groups excluding tert-OH is 1. The number of nitrogens with zero attached hydrogens (tertiary/aromatic N) is 1. The van der Waals surface area contributed by atoms with Crippen LogP contribution in [0.15, 0.2) is 29.2 Å². The zero-order valence-corrected chi connectivity index (χ0v) is 11.7. The highest BCUT2D eigenvalue weighted by molar-refractivity contribution is 7.89. The molecule has 0 heterocycles. The van der Waals surface area contributed by atoms with Gasteiger partial charge in [0.1, 0.15) is 4.90 Å². The van der Waals surface area contributed by atoms with E-state index >= 15 is 0 Å². The molecule has 0 fully saturated rings. The van der Waals surface area contributed by atoms with Gasteiger partial charge in [-0.25, -0.2) is 13.1 Å². The van der Waals surface area contributed by atoms with E-state index < -0.39 is 10.0 Å². The number of anilines is 1. The van der Waals surface area contributed by atoms with Gasteiger partial charge in [0.25, 0.3) is 0 Å². The average Bonchev–Trinajstić information content (AvgIpc) is 2.35. The first-order chi connectivity index (χ1) is 8.44. The van der Waals surface area contributed by atoms with Crippen LogP contribution in [-0.2, 0) is 10.0 Å². The number of aliphatic hydroxyl groups is 1. The van der Waals surface area contributed by atoms with Crippen LogP contribution in [0.5, 0.6) is 0 Å². The summed E-state index contributed by atoms with van der Waals surface area (Å²) in [5.41, 5.74) is 0.607. The maximum absolute atomic E-state index is 12.0. The molecule has 18 heavy (non-hydrogen) atoms. The van der Waals surface area contributed by atoms with E-state index in [1.807, 2.05) is 18.7 Å². The lowest BCUT2D eigenvalue weighted by molar-refractivity contribution is 0.298. The Balaban J connectivity index is 3.31. The van der Waals surface area contributed by atoms with Crippen LogP contribution < -0.4 is 9.62 Å². The van der Waals surface area contributed by atoms with Crippen molar-refractivity contribution >= 4 is 15.7 Å². The third-order valence-electron chi connectivity index (χ3n) is 2.70. The predicted octanol–water partition coefficient (Wildman–Crippen LogP) is 0.802. The van der Waals surface area contributed by atoms with E-state index in [-0.39, 0.29) is 17.5 Å². The molecule has 0 radical (unpaired) electrons. The molecule has 1 aromatic rings. The van der Waals surface area contributed by atoms with Crippen LogP contribution in [0.25, 0.3) is 0 Å². The second-order valence-corrected chi connectivity index (χ2v) is 6.04. The summed E-state index contributed by atoms with van der Waals surface area (Å²) in [7, 11) is -2.11. The van der Waals surface area contributed by atoms with Crippen molar-refractivity contribution in [2.24, 2.45) is 0 Å². The van der Waals surface area contributed by atoms with Crippen LogP contribution in [0.2, 0.25) is 0 Å². The van der Waals surface area contributed by atoms with Crippen molar-refractivity contribution in [2.45, 2.75) is 24.8 Å². The monoisotopic (exact) mass is 272 g/mol. The standard InChI is InChI=1S/C12H20N2O3S/c1-10(2)14(8-9-15)11-6-4-5-7-12(11)18(16,17)13-3/h4-7,10,13,15H,8-9H2,1-3H3. The van der Waals surface area contributed by atoms with Crippen molar-refractivity contribution in [1.29, 1.82) is 0 Å². The fourth-order valence-corrected chi connectivity index (χ4v) is 2.73. The van der Waals surface area contributed by atoms with E-state index in [0.29, 0.717) is 12.2 Å². The molecule has 0 aliphatic carbocycles. The molecule has 0 spiro atoms. The molecule has 6 heteroatoms. The molecule has 0 amide bonds. The molecule has 1 aromatic carbocycles. The highest BCUT2D eigenvalue weighted by Gasteiger charge is 2.21. The summed E-state index contributed by atoms with van der Waals surface area (Å²) >= 11 is 0. The number of nitrogens with one attached hydrogen (secondary N) is 1. The van der Waals surface area contributed by atoms with Crippen LogP contribution in [0.4, 0.5) is 5.69 Å². The predicted molar refractivity (Wildman–Crippen MR) is 72.3 cm³/mol. The number of benzene rings is 1. The molecule has 0 atom stereocenters. The Morgan fingerprint density at radius 1 is 1.33 bits per heavy atom. The van der Waals surface area contributed by atoms with Gasteiger partial charge in [0.15, 0.2) is 0 Å². The lowest BCUT2D eigenvalue weighted by Gasteiger charge is -2.29. The van der Waals surface area contributed by atoms with Crippen LogP contribution >= 0.6 is 0 Å². The summed E-state index contributed by atoms with van der Waals surface area (Å²) in [6.07, 6.45) is 0. The third kappa shape index (κ3) is 3.22. The molecule has 1 rings (SSSR count). The Bertz CT molecular complexity index is 486. The maximum Gasteiger partial charge on any atom is 0.242 e. The van der Waals surface area contributed by atoms with E-state index in [4.69, 9.17) is 5.11 Å². The molecule has 2 N–H and O–H groups in total. The largest absolute Gasteiger partial charge is 0.395 e. The van der Waals surface area contributed by atoms with E-state index in [1.54, 1.807) is 24.3 Å². The van der Waals surface area contributed by atoms with E-state index in [9.17, 15) is 8.42 Å². The van der Waals surface area contributed by atoms with E-state index in [2.05, 4.69) is 4.72 Å². The SMILES string of the molecule is CNS(=O)(=O)c1ccccc1N(CCO)C(C)C. The van der Waals surface area contributed by atoms with E-state index in [1.165, 1.54) is 7.05 Å². The topological polar surface area (TPSA) is 69.6 Å². The number of rotatable bonds is 6. The first kappa shape index (κ1) is 14.9. The third-order valence-corrected chi connectivity index (χ3v) is 4.16. The Hall–Kier alpha value is -1.11. The summed E-state index contributed by atoms with van der Waals surface area (Å²) in [6.45, 7) is 4.29. The molecule has 102 valence electrons. The lowest BCUT2D eigenvalue weighted by Crippen LogP contribution is -2.35. The minimum absolute atomic E-state index is 0.0217. The highest BCUT2D eigenvalue weighted by atomic mass is 32.2. The Morgan fingerprint density at radius 2 is 1.94 bits per heavy atom. The number of hydrogen-bond donors (Lipinski definition) is 2. The Morgan fingerprint density at radius 3 is 2.44 bits per heavy atom. The van der Waals surface area contributed by atoms with Crippen molar-refractivity contribution < 1.29 is 13.5 Å². The zero-order valence-electron chi connectivity index (χ0n) is 10.9. The zero-order chi connectivity index (χ0) is 13.8. The minimum atomic E-state index is -3.50. The van der Waals surface area contributed by atoms with Crippen LogP contribution in [0, 0.1) is 0 Å². The summed E-state index contributed by atoms with van der Waals surface area (Å²) in [5, 5.41) is 9.09. The first-order valence-corrected chi connectivity index (χ1v) is 7.32. The van der Waals surface area contributed by atoms with Gasteiger partial charge in [-0.3, -0.25) is 0 Å². The highest BCUT2D eigenvalue weighted by Crippen LogP contribution is 2.26. The molecular weight excluding hydrogens is 252 g/mol.